The molecule has 1 aliphatic rings. The standard InChI is InChI=1S/C9H16O2/c1-8-6-9(10-2)4-3-5-11-7-8/h7,9H,3-6H2,1-2H3/b8-7-. The Labute approximate surface area is 68.2 Å². The first-order valence-electron chi connectivity index (χ1n) is 4.13. The van der Waals surface area contributed by atoms with Crippen LogP contribution in [-0.2, 0) is 9.47 Å². The zero-order valence-electron chi connectivity index (χ0n) is 7.30. The number of methoxy groups -OCH3 is 1. The van der Waals surface area contributed by atoms with Crippen molar-refractivity contribution in [3.05, 3.63) is 11.8 Å². The van der Waals surface area contributed by atoms with Crippen molar-refractivity contribution >= 4 is 0 Å². The lowest BCUT2D eigenvalue weighted by molar-refractivity contribution is 0.0802. The molecule has 2 nitrogen and oxygen atoms in total. The van der Waals surface area contributed by atoms with Crippen LogP contribution in [-0.4, -0.2) is 19.8 Å². The van der Waals surface area contributed by atoms with Crippen LogP contribution in [0.1, 0.15) is 26.2 Å². The molecule has 0 saturated heterocycles. The first kappa shape index (κ1) is 8.60. The van der Waals surface area contributed by atoms with Crippen LogP contribution >= 0.6 is 0 Å². The van der Waals surface area contributed by atoms with Crippen LogP contribution in [0.25, 0.3) is 0 Å². The molecule has 0 aromatic heterocycles. The number of ether oxygens (including phenoxy) is 2. The highest BCUT2D eigenvalue weighted by molar-refractivity contribution is 4.96. The van der Waals surface area contributed by atoms with Crippen LogP contribution in [0.3, 0.4) is 0 Å². The maximum absolute atomic E-state index is 5.30. The monoisotopic (exact) mass is 156 g/mol. The lowest BCUT2D eigenvalue weighted by Gasteiger charge is -2.17. The fraction of sp³-hybridized carbons (Fsp3) is 0.778. The van der Waals surface area contributed by atoms with Crippen molar-refractivity contribution in [3.8, 4) is 0 Å². The number of rotatable bonds is 1. The predicted molar refractivity (Wildman–Crippen MR) is 44.4 cm³/mol. The third-order valence-electron chi connectivity index (χ3n) is 1.96. The largest absolute Gasteiger partial charge is 0.501 e. The maximum atomic E-state index is 5.30. The van der Waals surface area contributed by atoms with Crippen LogP contribution < -0.4 is 0 Å². The van der Waals surface area contributed by atoms with Crippen molar-refractivity contribution in [2.45, 2.75) is 32.3 Å². The first-order valence-corrected chi connectivity index (χ1v) is 4.13. The molecule has 0 radical (unpaired) electrons. The van der Waals surface area contributed by atoms with Gasteiger partial charge in [0.25, 0.3) is 0 Å². The Balaban J connectivity index is 2.44. The third-order valence-corrected chi connectivity index (χ3v) is 1.96. The molecular formula is C9H16O2. The highest BCUT2D eigenvalue weighted by Crippen LogP contribution is 2.15. The van der Waals surface area contributed by atoms with E-state index in [1.165, 1.54) is 5.57 Å². The van der Waals surface area contributed by atoms with Crippen molar-refractivity contribution in [3.63, 3.8) is 0 Å². The van der Waals surface area contributed by atoms with Gasteiger partial charge in [-0.05, 0) is 31.8 Å². The Hall–Kier alpha value is -0.500. The molecule has 0 N–H and O–H groups in total. The van der Waals surface area contributed by atoms with Gasteiger partial charge in [-0.25, -0.2) is 0 Å². The summed E-state index contributed by atoms with van der Waals surface area (Å²) in [7, 11) is 1.78. The molecule has 1 heterocycles. The molecule has 0 saturated carbocycles. The van der Waals surface area contributed by atoms with Gasteiger partial charge in [0.2, 0.25) is 0 Å². The summed E-state index contributed by atoms with van der Waals surface area (Å²) in [4.78, 5) is 0. The lowest BCUT2D eigenvalue weighted by atomic mass is 10.1. The average molecular weight is 156 g/mol. The molecule has 1 atom stereocenters. The lowest BCUT2D eigenvalue weighted by Crippen LogP contribution is -2.13. The molecule has 64 valence electrons. The molecule has 1 rings (SSSR count). The van der Waals surface area contributed by atoms with E-state index in [1.807, 2.05) is 6.26 Å². The smallest absolute Gasteiger partial charge is 0.0874 e. The molecule has 0 aliphatic carbocycles. The molecule has 0 spiro atoms. The number of hydrogen-bond donors (Lipinski definition) is 0. The zero-order chi connectivity index (χ0) is 8.10. The first-order chi connectivity index (χ1) is 5.33. The van der Waals surface area contributed by atoms with Gasteiger partial charge in [-0.1, -0.05) is 0 Å². The zero-order valence-corrected chi connectivity index (χ0v) is 7.30. The van der Waals surface area contributed by atoms with E-state index in [4.69, 9.17) is 9.47 Å². The van der Waals surface area contributed by atoms with Crippen LogP contribution in [0.2, 0.25) is 0 Å². The summed E-state index contributed by atoms with van der Waals surface area (Å²) >= 11 is 0. The average Bonchev–Trinajstić information content (AvgIpc) is 1.96. The fourth-order valence-electron chi connectivity index (χ4n) is 1.31. The van der Waals surface area contributed by atoms with E-state index in [9.17, 15) is 0 Å². The van der Waals surface area contributed by atoms with E-state index in [1.54, 1.807) is 7.11 Å². The van der Waals surface area contributed by atoms with Crippen molar-refractivity contribution in [2.24, 2.45) is 0 Å². The minimum absolute atomic E-state index is 0.398. The quantitative estimate of drug-likeness (QED) is 0.579. The van der Waals surface area contributed by atoms with Gasteiger partial charge in [0.1, 0.15) is 0 Å². The fourth-order valence-corrected chi connectivity index (χ4v) is 1.31. The normalized spacial score (nSPS) is 31.1. The molecule has 0 aromatic rings. The van der Waals surface area contributed by atoms with Crippen LogP contribution in [0, 0.1) is 0 Å². The van der Waals surface area contributed by atoms with Crippen LogP contribution in [0.5, 0.6) is 0 Å². The summed E-state index contributed by atoms with van der Waals surface area (Å²) < 4.78 is 10.6. The second-order valence-corrected chi connectivity index (χ2v) is 3.04. The van der Waals surface area contributed by atoms with Gasteiger partial charge >= 0.3 is 0 Å². The second-order valence-electron chi connectivity index (χ2n) is 3.04. The summed E-state index contributed by atoms with van der Waals surface area (Å²) in [5, 5.41) is 0. The van der Waals surface area contributed by atoms with Gasteiger partial charge in [0, 0.05) is 7.11 Å². The Morgan fingerprint density at radius 1 is 1.64 bits per heavy atom. The molecule has 0 amide bonds. The Kier molecular flexibility index (Phi) is 3.43. The summed E-state index contributed by atoms with van der Waals surface area (Å²) in [5.74, 6) is 0. The second kappa shape index (κ2) is 4.39. The van der Waals surface area contributed by atoms with Crippen molar-refractivity contribution in [1.29, 1.82) is 0 Å². The van der Waals surface area contributed by atoms with E-state index in [-0.39, 0.29) is 0 Å². The molecule has 0 aromatic carbocycles. The molecule has 0 bridgehead atoms. The molecule has 2 heteroatoms. The van der Waals surface area contributed by atoms with Gasteiger partial charge in [-0.3, -0.25) is 0 Å². The SMILES string of the molecule is COC1CCCO/C=C(/C)C1. The molecule has 0 fully saturated rings. The van der Waals surface area contributed by atoms with E-state index < -0.39 is 0 Å². The molecule has 1 aliphatic heterocycles. The van der Waals surface area contributed by atoms with E-state index in [0.29, 0.717) is 6.10 Å². The Morgan fingerprint density at radius 3 is 3.18 bits per heavy atom. The van der Waals surface area contributed by atoms with Gasteiger partial charge in [0.05, 0.1) is 19.0 Å². The maximum Gasteiger partial charge on any atom is 0.0874 e. The summed E-state index contributed by atoms with van der Waals surface area (Å²) in [6, 6.07) is 0. The van der Waals surface area contributed by atoms with Crippen LogP contribution in [0.15, 0.2) is 11.8 Å². The summed E-state index contributed by atoms with van der Waals surface area (Å²) in [6.07, 6.45) is 5.47. The van der Waals surface area contributed by atoms with Crippen molar-refractivity contribution in [2.75, 3.05) is 13.7 Å². The van der Waals surface area contributed by atoms with Crippen molar-refractivity contribution in [1.82, 2.24) is 0 Å². The van der Waals surface area contributed by atoms with E-state index >= 15 is 0 Å². The highest BCUT2D eigenvalue weighted by atomic mass is 16.5. The predicted octanol–water partition coefficient (Wildman–Crippen LogP) is 2.11. The topological polar surface area (TPSA) is 18.5 Å². The minimum atomic E-state index is 0.398. The van der Waals surface area contributed by atoms with E-state index in [0.717, 1.165) is 25.9 Å². The van der Waals surface area contributed by atoms with Crippen LogP contribution in [0.4, 0.5) is 0 Å². The molecular weight excluding hydrogens is 140 g/mol. The van der Waals surface area contributed by atoms with Gasteiger partial charge in [-0.2, -0.15) is 0 Å². The number of hydrogen-bond acceptors (Lipinski definition) is 2. The highest BCUT2D eigenvalue weighted by Gasteiger charge is 2.09. The van der Waals surface area contributed by atoms with E-state index in [2.05, 4.69) is 6.92 Å². The minimum Gasteiger partial charge on any atom is -0.501 e. The summed E-state index contributed by atoms with van der Waals surface area (Å²) in [6.45, 7) is 2.91. The summed E-state index contributed by atoms with van der Waals surface area (Å²) in [5.41, 5.74) is 1.27. The Bertz CT molecular complexity index is 140. The molecule has 11 heavy (non-hydrogen) atoms. The van der Waals surface area contributed by atoms with Gasteiger partial charge in [0.15, 0.2) is 0 Å². The molecule has 1 unspecified atom stereocenters. The van der Waals surface area contributed by atoms with Crippen molar-refractivity contribution < 1.29 is 9.47 Å². The van der Waals surface area contributed by atoms with Gasteiger partial charge in [-0.15, -0.1) is 0 Å². The van der Waals surface area contributed by atoms with Gasteiger partial charge < -0.3 is 9.47 Å². The third kappa shape index (κ3) is 2.93. The Morgan fingerprint density at radius 2 is 2.45 bits per heavy atom.